The predicted molar refractivity (Wildman–Crippen MR) is 111 cm³/mol. The molecule has 5 heteroatoms. The van der Waals surface area contributed by atoms with Gasteiger partial charge in [0.25, 0.3) is 0 Å². The molecule has 0 aliphatic heterocycles. The van der Waals surface area contributed by atoms with E-state index in [9.17, 15) is 4.79 Å². The summed E-state index contributed by atoms with van der Waals surface area (Å²) in [4.78, 5) is 15.1. The van der Waals surface area contributed by atoms with Crippen molar-refractivity contribution < 1.29 is 14.3 Å². The molecule has 1 aliphatic carbocycles. The SMILES string of the molecule is COc1ccc(C(CNC(=O)C(c2ccccc2)C2CC2)N(C)C)cc1OC. The van der Waals surface area contributed by atoms with Crippen LogP contribution < -0.4 is 14.8 Å². The van der Waals surface area contributed by atoms with Crippen molar-refractivity contribution >= 4 is 5.91 Å². The van der Waals surface area contributed by atoms with Crippen LogP contribution in [0, 0.1) is 5.92 Å². The Balaban J connectivity index is 1.73. The minimum absolute atomic E-state index is 0.0411. The minimum Gasteiger partial charge on any atom is -0.493 e. The fourth-order valence-electron chi connectivity index (χ4n) is 3.69. The van der Waals surface area contributed by atoms with Gasteiger partial charge in [0.15, 0.2) is 11.5 Å². The zero-order valence-electron chi connectivity index (χ0n) is 17.1. The molecule has 1 saturated carbocycles. The maximum atomic E-state index is 13.0. The molecule has 2 aromatic carbocycles. The number of carbonyl (C=O) groups is 1. The van der Waals surface area contributed by atoms with Crippen LogP contribution >= 0.6 is 0 Å². The van der Waals surface area contributed by atoms with E-state index in [0.717, 1.165) is 24.0 Å². The van der Waals surface area contributed by atoms with Crippen LogP contribution in [0.4, 0.5) is 0 Å². The normalized spacial score (nSPS) is 15.8. The Morgan fingerprint density at radius 1 is 1.04 bits per heavy atom. The molecule has 3 rings (SSSR count). The van der Waals surface area contributed by atoms with Crippen molar-refractivity contribution in [2.45, 2.75) is 24.8 Å². The van der Waals surface area contributed by atoms with Crippen LogP contribution in [0.5, 0.6) is 11.5 Å². The Morgan fingerprint density at radius 2 is 1.71 bits per heavy atom. The summed E-state index contributed by atoms with van der Waals surface area (Å²) in [6.45, 7) is 0.539. The molecule has 0 spiro atoms. The lowest BCUT2D eigenvalue weighted by molar-refractivity contribution is -0.123. The molecule has 1 N–H and O–H groups in total. The molecule has 2 aromatic rings. The lowest BCUT2D eigenvalue weighted by atomic mass is 9.93. The number of benzene rings is 2. The molecule has 0 heterocycles. The molecule has 0 saturated heterocycles. The third kappa shape index (κ3) is 4.65. The average molecular weight is 383 g/mol. The first-order chi connectivity index (χ1) is 13.5. The number of amides is 1. The van der Waals surface area contributed by atoms with Gasteiger partial charge in [0.2, 0.25) is 5.91 Å². The second-order valence-electron chi connectivity index (χ2n) is 7.56. The van der Waals surface area contributed by atoms with Gasteiger partial charge in [0.1, 0.15) is 0 Å². The molecule has 0 bridgehead atoms. The summed E-state index contributed by atoms with van der Waals surface area (Å²) in [5, 5.41) is 3.20. The van der Waals surface area contributed by atoms with Crippen LogP contribution in [0.25, 0.3) is 0 Å². The Labute approximate surface area is 167 Å². The predicted octanol–water partition coefficient (Wildman–Crippen LogP) is 3.62. The van der Waals surface area contributed by atoms with Gasteiger partial charge in [-0.15, -0.1) is 0 Å². The van der Waals surface area contributed by atoms with Crippen LogP contribution in [0.2, 0.25) is 0 Å². The second kappa shape index (κ2) is 9.11. The van der Waals surface area contributed by atoms with Crippen LogP contribution in [0.15, 0.2) is 48.5 Å². The highest BCUT2D eigenvalue weighted by Gasteiger charge is 2.37. The van der Waals surface area contributed by atoms with E-state index in [4.69, 9.17) is 9.47 Å². The van der Waals surface area contributed by atoms with Crippen LogP contribution in [-0.2, 0) is 4.79 Å². The smallest absolute Gasteiger partial charge is 0.227 e. The van der Waals surface area contributed by atoms with Crippen LogP contribution in [0.3, 0.4) is 0 Å². The van der Waals surface area contributed by atoms with E-state index in [0.29, 0.717) is 24.0 Å². The first-order valence-electron chi connectivity index (χ1n) is 9.76. The van der Waals surface area contributed by atoms with E-state index in [1.165, 1.54) is 0 Å². The number of ether oxygens (including phenoxy) is 2. The third-order valence-corrected chi connectivity index (χ3v) is 5.42. The number of nitrogens with zero attached hydrogens (tertiary/aromatic N) is 1. The van der Waals surface area contributed by atoms with Crippen molar-refractivity contribution in [2.75, 3.05) is 34.9 Å². The highest BCUT2D eigenvalue weighted by atomic mass is 16.5. The highest BCUT2D eigenvalue weighted by Crippen LogP contribution is 2.42. The molecular formula is C23H30N2O3. The molecule has 28 heavy (non-hydrogen) atoms. The Hall–Kier alpha value is -2.53. The molecule has 0 aromatic heterocycles. The Kier molecular flexibility index (Phi) is 6.57. The van der Waals surface area contributed by atoms with E-state index in [-0.39, 0.29) is 17.9 Å². The molecule has 5 nitrogen and oxygen atoms in total. The van der Waals surface area contributed by atoms with E-state index < -0.39 is 0 Å². The van der Waals surface area contributed by atoms with Gasteiger partial charge in [-0.3, -0.25) is 4.79 Å². The maximum absolute atomic E-state index is 13.0. The number of hydrogen-bond acceptors (Lipinski definition) is 4. The van der Waals surface area contributed by atoms with Crippen molar-refractivity contribution in [2.24, 2.45) is 5.92 Å². The van der Waals surface area contributed by atoms with Gasteiger partial charge in [0, 0.05) is 6.54 Å². The van der Waals surface area contributed by atoms with Gasteiger partial charge in [-0.05, 0) is 56.1 Å². The molecular weight excluding hydrogens is 352 g/mol. The van der Waals surface area contributed by atoms with Gasteiger partial charge < -0.3 is 19.7 Å². The summed E-state index contributed by atoms with van der Waals surface area (Å²) in [6.07, 6.45) is 2.25. The fourth-order valence-corrected chi connectivity index (χ4v) is 3.69. The third-order valence-electron chi connectivity index (χ3n) is 5.42. The van der Waals surface area contributed by atoms with Crippen molar-refractivity contribution in [3.63, 3.8) is 0 Å². The van der Waals surface area contributed by atoms with Crippen molar-refractivity contribution in [3.8, 4) is 11.5 Å². The van der Waals surface area contributed by atoms with E-state index in [1.54, 1.807) is 14.2 Å². The van der Waals surface area contributed by atoms with Crippen LogP contribution in [0.1, 0.15) is 35.9 Å². The number of hydrogen-bond donors (Lipinski definition) is 1. The van der Waals surface area contributed by atoms with E-state index >= 15 is 0 Å². The lowest BCUT2D eigenvalue weighted by Gasteiger charge is -2.27. The van der Waals surface area contributed by atoms with Gasteiger partial charge in [-0.1, -0.05) is 36.4 Å². The molecule has 2 atom stereocenters. The molecule has 1 amide bonds. The van der Waals surface area contributed by atoms with Gasteiger partial charge in [-0.25, -0.2) is 0 Å². The van der Waals surface area contributed by atoms with Crippen molar-refractivity contribution in [1.82, 2.24) is 10.2 Å². The maximum Gasteiger partial charge on any atom is 0.227 e. The molecule has 1 fully saturated rings. The Morgan fingerprint density at radius 3 is 2.29 bits per heavy atom. The number of nitrogens with one attached hydrogen (secondary N) is 1. The first-order valence-corrected chi connectivity index (χ1v) is 9.76. The lowest BCUT2D eigenvalue weighted by Crippen LogP contribution is -2.37. The molecule has 150 valence electrons. The Bertz CT molecular complexity index is 788. The monoisotopic (exact) mass is 382 g/mol. The summed E-state index contributed by atoms with van der Waals surface area (Å²) in [7, 11) is 7.29. The van der Waals surface area contributed by atoms with Crippen molar-refractivity contribution in [3.05, 3.63) is 59.7 Å². The van der Waals surface area contributed by atoms with Gasteiger partial charge in [0.05, 0.1) is 26.2 Å². The summed E-state index contributed by atoms with van der Waals surface area (Å²) < 4.78 is 10.8. The standard InChI is InChI=1S/C23H30N2O3/c1-25(2)19(18-12-13-20(27-3)21(14-18)28-4)15-24-23(26)22(17-10-11-17)16-8-6-5-7-9-16/h5-9,12-14,17,19,22H,10-11,15H2,1-4H3,(H,24,26). The second-order valence-corrected chi connectivity index (χ2v) is 7.56. The average Bonchev–Trinajstić information content (AvgIpc) is 3.53. The summed E-state index contributed by atoms with van der Waals surface area (Å²) >= 11 is 0. The molecule has 0 radical (unpaired) electrons. The number of rotatable bonds is 9. The first kappa shape index (κ1) is 20.2. The molecule has 2 unspecified atom stereocenters. The van der Waals surface area contributed by atoms with Crippen molar-refractivity contribution in [1.29, 1.82) is 0 Å². The van der Waals surface area contributed by atoms with Gasteiger partial charge in [-0.2, -0.15) is 0 Å². The highest BCUT2D eigenvalue weighted by molar-refractivity contribution is 5.84. The van der Waals surface area contributed by atoms with E-state index in [2.05, 4.69) is 22.3 Å². The quantitative estimate of drug-likeness (QED) is 0.720. The van der Waals surface area contributed by atoms with Crippen LogP contribution in [-0.4, -0.2) is 45.7 Å². The zero-order chi connectivity index (χ0) is 20.1. The fraction of sp³-hybridized carbons (Fsp3) is 0.435. The summed E-state index contributed by atoms with van der Waals surface area (Å²) in [6, 6.07) is 16.1. The number of methoxy groups -OCH3 is 2. The summed E-state index contributed by atoms with van der Waals surface area (Å²) in [5.41, 5.74) is 2.18. The number of carbonyl (C=O) groups excluding carboxylic acids is 1. The van der Waals surface area contributed by atoms with Gasteiger partial charge >= 0.3 is 0 Å². The minimum atomic E-state index is -0.0607. The summed E-state index contributed by atoms with van der Waals surface area (Å²) in [5.74, 6) is 1.90. The number of likely N-dealkylation sites (N-methyl/N-ethyl adjacent to an activating group) is 1. The topological polar surface area (TPSA) is 50.8 Å². The van der Waals surface area contributed by atoms with E-state index in [1.807, 2.05) is 50.5 Å². The molecule has 1 aliphatic rings. The zero-order valence-corrected chi connectivity index (χ0v) is 17.1. The largest absolute Gasteiger partial charge is 0.493 e.